The van der Waals surface area contributed by atoms with Crippen LogP contribution in [0.4, 0.5) is 0 Å². The fourth-order valence-electron chi connectivity index (χ4n) is 1.21. The van der Waals surface area contributed by atoms with Crippen molar-refractivity contribution in [3.8, 4) is 0 Å². The molecule has 0 fully saturated rings. The molecular formula is C9H20N2O. The lowest BCUT2D eigenvalue weighted by Gasteiger charge is -2.25. The van der Waals surface area contributed by atoms with Crippen molar-refractivity contribution in [3.63, 3.8) is 0 Å². The number of amides is 1. The molecule has 1 unspecified atom stereocenters. The quantitative estimate of drug-likeness (QED) is 0.598. The standard InChI is InChI=1S/C9H20N2O/c1-8(2)5-9(11(3)4)6-10-7-12/h7-9H,5-6H2,1-4H3,(H,10,12). The molecule has 0 spiro atoms. The smallest absolute Gasteiger partial charge is 0.207 e. The first-order chi connectivity index (χ1) is 5.57. The van der Waals surface area contributed by atoms with E-state index in [1.165, 1.54) is 0 Å². The second kappa shape index (κ2) is 6.00. The lowest BCUT2D eigenvalue weighted by atomic mass is 10.0. The zero-order valence-corrected chi connectivity index (χ0v) is 8.50. The predicted octanol–water partition coefficient (Wildman–Crippen LogP) is 0.709. The summed E-state index contributed by atoms with van der Waals surface area (Å²) in [5.74, 6) is 0.672. The van der Waals surface area contributed by atoms with Crippen LogP contribution in [0.5, 0.6) is 0 Å². The maximum Gasteiger partial charge on any atom is 0.207 e. The average Bonchev–Trinajstić information content (AvgIpc) is 1.96. The minimum absolute atomic E-state index is 0.454. The summed E-state index contributed by atoms with van der Waals surface area (Å²) in [6.45, 7) is 5.13. The van der Waals surface area contributed by atoms with Crippen molar-refractivity contribution in [2.75, 3.05) is 20.6 Å². The molecule has 0 aliphatic rings. The number of nitrogens with zero attached hydrogens (tertiary/aromatic N) is 1. The zero-order valence-electron chi connectivity index (χ0n) is 8.50. The Hall–Kier alpha value is -0.570. The van der Waals surface area contributed by atoms with Gasteiger partial charge in [-0.05, 0) is 26.4 Å². The van der Waals surface area contributed by atoms with E-state index in [9.17, 15) is 4.79 Å². The first-order valence-electron chi connectivity index (χ1n) is 4.41. The summed E-state index contributed by atoms with van der Waals surface area (Å²) < 4.78 is 0. The van der Waals surface area contributed by atoms with E-state index in [-0.39, 0.29) is 0 Å². The molecule has 0 aliphatic heterocycles. The number of nitrogens with one attached hydrogen (secondary N) is 1. The Balaban J connectivity index is 3.77. The van der Waals surface area contributed by atoms with Gasteiger partial charge in [0.1, 0.15) is 0 Å². The van der Waals surface area contributed by atoms with Crippen LogP contribution < -0.4 is 5.32 Å². The highest BCUT2D eigenvalue weighted by molar-refractivity contribution is 5.45. The second-order valence-corrected chi connectivity index (χ2v) is 3.77. The van der Waals surface area contributed by atoms with Crippen molar-refractivity contribution in [2.45, 2.75) is 26.3 Å². The topological polar surface area (TPSA) is 32.3 Å². The van der Waals surface area contributed by atoms with Gasteiger partial charge in [0.15, 0.2) is 0 Å². The van der Waals surface area contributed by atoms with Crippen molar-refractivity contribution in [3.05, 3.63) is 0 Å². The Morgan fingerprint density at radius 3 is 2.33 bits per heavy atom. The summed E-state index contributed by atoms with van der Waals surface area (Å²) >= 11 is 0. The SMILES string of the molecule is CC(C)CC(CNC=O)N(C)C. The predicted molar refractivity (Wildman–Crippen MR) is 51.0 cm³/mol. The van der Waals surface area contributed by atoms with E-state index in [0.29, 0.717) is 12.0 Å². The summed E-state index contributed by atoms with van der Waals surface area (Å²) in [4.78, 5) is 12.2. The van der Waals surface area contributed by atoms with Gasteiger partial charge in [0.05, 0.1) is 0 Å². The third kappa shape index (κ3) is 5.13. The van der Waals surface area contributed by atoms with Gasteiger partial charge in [0.2, 0.25) is 6.41 Å². The molecule has 1 N–H and O–H groups in total. The molecule has 0 rings (SSSR count). The number of hydrogen-bond donors (Lipinski definition) is 1. The van der Waals surface area contributed by atoms with E-state index >= 15 is 0 Å². The number of likely N-dealkylation sites (N-methyl/N-ethyl adjacent to an activating group) is 1. The van der Waals surface area contributed by atoms with Crippen molar-refractivity contribution in [1.29, 1.82) is 0 Å². The molecule has 72 valence electrons. The van der Waals surface area contributed by atoms with Crippen LogP contribution in [0.1, 0.15) is 20.3 Å². The fraction of sp³-hybridized carbons (Fsp3) is 0.889. The van der Waals surface area contributed by atoms with Crippen LogP contribution in [-0.4, -0.2) is 38.0 Å². The van der Waals surface area contributed by atoms with Gasteiger partial charge in [-0.3, -0.25) is 4.79 Å². The Bertz CT molecular complexity index is 124. The second-order valence-electron chi connectivity index (χ2n) is 3.77. The molecule has 0 aliphatic carbocycles. The van der Waals surface area contributed by atoms with Gasteiger partial charge >= 0.3 is 0 Å². The van der Waals surface area contributed by atoms with Gasteiger partial charge in [0, 0.05) is 12.6 Å². The van der Waals surface area contributed by atoms with E-state index in [4.69, 9.17) is 0 Å². The molecule has 0 radical (unpaired) electrons. The summed E-state index contributed by atoms with van der Waals surface area (Å²) in [5.41, 5.74) is 0. The van der Waals surface area contributed by atoms with Crippen LogP contribution in [0.25, 0.3) is 0 Å². The fourth-order valence-corrected chi connectivity index (χ4v) is 1.21. The van der Waals surface area contributed by atoms with Gasteiger partial charge in [-0.15, -0.1) is 0 Å². The van der Waals surface area contributed by atoms with Crippen LogP contribution in [0.15, 0.2) is 0 Å². The molecule has 0 saturated carbocycles. The molecular weight excluding hydrogens is 152 g/mol. The highest BCUT2D eigenvalue weighted by atomic mass is 16.1. The Morgan fingerprint density at radius 2 is 2.00 bits per heavy atom. The van der Waals surface area contributed by atoms with Gasteiger partial charge in [-0.25, -0.2) is 0 Å². The van der Waals surface area contributed by atoms with Crippen LogP contribution in [0.2, 0.25) is 0 Å². The Morgan fingerprint density at radius 1 is 1.42 bits per heavy atom. The number of hydrogen-bond acceptors (Lipinski definition) is 2. The maximum absolute atomic E-state index is 10.1. The third-order valence-electron chi connectivity index (χ3n) is 1.91. The molecule has 0 aromatic carbocycles. The molecule has 0 bridgehead atoms. The summed E-state index contributed by atoms with van der Waals surface area (Å²) in [5, 5.41) is 2.71. The highest BCUT2D eigenvalue weighted by Crippen LogP contribution is 2.07. The molecule has 0 aromatic rings. The Kier molecular flexibility index (Phi) is 5.72. The summed E-state index contributed by atoms with van der Waals surface area (Å²) in [6, 6.07) is 0.454. The summed E-state index contributed by atoms with van der Waals surface area (Å²) in [6.07, 6.45) is 1.88. The summed E-state index contributed by atoms with van der Waals surface area (Å²) in [7, 11) is 4.08. The molecule has 0 heterocycles. The van der Waals surface area contributed by atoms with E-state index in [1.807, 2.05) is 14.1 Å². The minimum atomic E-state index is 0.454. The maximum atomic E-state index is 10.1. The van der Waals surface area contributed by atoms with E-state index in [1.54, 1.807) is 0 Å². The zero-order chi connectivity index (χ0) is 9.56. The van der Waals surface area contributed by atoms with E-state index in [2.05, 4.69) is 24.1 Å². The Labute approximate surface area is 75.1 Å². The van der Waals surface area contributed by atoms with Crippen molar-refractivity contribution in [1.82, 2.24) is 10.2 Å². The highest BCUT2D eigenvalue weighted by Gasteiger charge is 2.11. The van der Waals surface area contributed by atoms with Crippen LogP contribution in [0.3, 0.4) is 0 Å². The molecule has 0 saturated heterocycles. The molecule has 3 heteroatoms. The average molecular weight is 172 g/mol. The molecule has 3 nitrogen and oxygen atoms in total. The largest absolute Gasteiger partial charge is 0.357 e. The molecule has 0 aromatic heterocycles. The van der Waals surface area contributed by atoms with Crippen molar-refractivity contribution in [2.24, 2.45) is 5.92 Å². The lowest BCUT2D eigenvalue weighted by molar-refractivity contribution is -0.109. The van der Waals surface area contributed by atoms with Crippen LogP contribution in [-0.2, 0) is 4.79 Å². The minimum Gasteiger partial charge on any atom is -0.357 e. The monoisotopic (exact) mass is 172 g/mol. The molecule has 1 amide bonds. The van der Waals surface area contributed by atoms with Crippen LogP contribution in [0, 0.1) is 5.92 Å². The lowest BCUT2D eigenvalue weighted by Crippen LogP contribution is -2.38. The normalized spacial score (nSPS) is 13.5. The van der Waals surface area contributed by atoms with Gasteiger partial charge in [-0.1, -0.05) is 13.8 Å². The molecule has 12 heavy (non-hydrogen) atoms. The number of carbonyl (C=O) groups is 1. The van der Waals surface area contributed by atoms with E-state index < -0.39 is 0 Å². The van der Waals surface area contributed by atoms with Gasteiger partial charge in [-0.2, -0.15) is 0 Å². The van der Waals surface area contributed by atoms with E-state index in [0.717, 1.165) is 19.4 Å². The van der Waals surface area contributed by atoms with Crippen molar-refractivity contribution >= 4 is 6.41 Å². The molecule has 1 atom stereocenters. The number of carbonyl (C=O) groups excluding carboxylic acids is 1. The van der Waals surface area contributed by atoms with Crippen molar-refractivity contribution < 1.29 is 4.79 Å². The first-order valence-corrected chi connectivity index (χ1v) is 4.41. The number of rotatable bonds is 6. The van der Waals surface area contributed by atoms with Gasteiger partial charge < -0.3 is 10.2 Å². The van der Waals surface area contributed by atoms with Gasteiger partial charge in [0.25, 0.3) is 0 Å². The van der Waals surface area contributed by atoms with Crippen LogP contribution >= 0.6 is 0 Å². The third-order valence-corrected chi connectivity index (χ3v) is 1.91. The first kappa shape index (κ1) is 11.4.